The third-order valence-electron chi connectivity index (χ3n) is 4.56. The highest BCUT2D eigenvalue weighted by atomic mass is 35.5. The second kappa shape index (κ2) is 5.97. The van der Waals surface area contributed by atoms with Crippen LogP contribution in [0.25, 0.3) is 10.9 Å². The molecule has 7 heteroatoms. The van der Waals surface area contributed by atoms with Crippen LogP contribution in [0, 0.1) is 0 Å². The van der Waals surface area contributed by atoms with Crippen LogP contribution in [0.2, 0.25) is 5.02 Å². The predicted octanol–water partition coefficient (Wildman–Crippen LogP) is 3.79. The first-order valence-electron chi connectivity index (χ1n) is 7.92. The molecule has 128 valence electrons. The molecule has 1 aliphatic rings. The lowest BCUT2D eigenvalue weighted by Crippen LogP contribution is -2.09. The molecule has 3 aromatic rings. The van der Waals surface area contributed by atoms with Crippen LogP contribution in [0.4, 0.5) is 5.82 Å². The quantitative estimate of drug-likeness (QED) is 0.756. The Morgan fingerprint density at radius 2 is 2.04 bits per heavy atom. The molecule has 0 aliphatic heterocycles. The molecule has 0 saturated heterocycles. The van der Waals surface area contributed by atoms with Crippen LogP contribution < -0.4 is 5.32 Å². The summed E-state index contributed by atoms with van der Waals surface area (Å²) in [4.78, 5) is 8.83. The smallest absolute Gasteiger partial charge is 0.175 e. The monoisotopic (exact) mass is 373 g/mol. The Morgan fingerprint density at radius 3 is 2.84 bits per heavy atom. The molecule has 0 fully saturated rings. The van der Waals surface area contributed by atoms with E-state index in [0.717, 1.165) is 23.4 Å². The molecule has 4 rings (SSSR count). The molecule has 1 unspecified atom stereocenters. The van der Waals surface area contributed by atoms with Gasteiger partial charge in [-0.15, -0.1) is 0 Å². The number of anilines is 1. The summed E-state index contributed by atoms with van der Waals surface area (Å²) in [6, 6.07) is 10.9. The average Bonchev–Trinajstić information content (AvgIpc) is 2.98. The van der Waals surface area contributed by atoms with Crippen molar-refractivity contribution in [2.75, 3.05) is 11.6 Å². The van der Waals surface area contributed by atoms with Crippen molar-refractivity contribution in [3.63, 3.8) is 0 Å². The maximum Gasteiger partial charge on any atom is 0.175 e. The van der Waals surface area contributed by atoms with Gasteiger partial charge in [0.05, 0.1) is 16.5 Å². The van der Waals surface area contributed by atoms with E-state index < -0.39 is 9.84 Å². The minimum atomic E-state index is -3.29. The Morgan fingerprint density at radius 1 is 1.20 bits per heavy atom. The molecule has 0 saturated carbocycles. The largest absolute Gasteiger partial charge is 0.363 e. The minimum Gasteiger partial charge on any atom is -0.363 e. The van der Waals surface area contributed by atoms with E-state index in [1.54, 1.807) is 18.2 Å². The second-order valence-corrected chi connectivity index (χ2v) is 8.64. The summed E-state index contributed by atoms with van der Waals surface area (Å²) in [6.07, 6.45) is 4.50. The lowest BCUT2D eigenvalue weighted by molar-refractivity contribution is 0.602. The van der Waals surface area contributed by atoms with Crippen molar-refractivity contribution in [1.29, 1.82) is 0 Å². The van der Waals surface area contributed by atoms with Crippen molar-refractivity contribution in [3.05, 3.63) is 58.9 Å². The lowest BCUT2D eigenvalue weighted by Gasteiger charge is -2.16. The first kappa shape index (κ1) is 16.3. The van der Waals surface area contributed by atoms with Crippen LogP contribution in [0.5, 0.6) is 0 Å². The molecule has 1 heterocycles. The van der Waals surface area contributed by atoms with E-state index >= 15 is 0 Å². The Labute approximate surface area is 151 Å². The SMILES string of the molecule is CS(=O)(=O)c1ccc2ncnc(NC3CCc4c(Cl)cccc43)c2c1. The highest BCUT2D eigenvalue weighted by Crippen LogP contribution is 2.38. The van der Waals surface area contributed by atoms with Crippen molar-refractivity contribution in [2.24, 2.45) is 0 Å². The van der Waals surface area contributed by atoms with Gasteiger partial charge in [0, 0.05) is 16.7 Å². The van der Waals surface area contributed by atoms with Gasteiger partial charge in [-0.1, -0.05) is 23.7 Å². The number of fused-ring (bicyclic) bond motifs is 2. The van der Waals surface area contributed by atoms with Gasteiger partial charge in [0.1, 0.15) is 12.1 Å². The summed E-state index contributed by atoms with van der Waals surface area (Å²) in [5.74, 6) is 0.633. The normalized spacial score (nSPS) is 16.8. The van der Waals surface area contributed by atoms with Crippen LogP contribution in [-0.2, 0) is 16.3 Å². The van der Waals surface area contributed by atoms with Crippen molar-refractivity contribution in [2.45, 2.75) is 23.8 Å². The number of nitrogens with one attached hydrogen (secondary N) is 1. The Bertz CT molecular complexity index is 1080. The van der Waals surface area contributed by atoms with Crippen LogP contribution >= 0.6 is 11.6 Å². The van der Waals surface area contributed by atoms with E-state index in [4.69, 9.17) is 11.6 Å². The molecule has 1 atom stereocenters. The molecule has 0 bridgehead atoms. The zero-order valence-corrected chi connectivity index (χ0v) is 15.1. The highest BCUT2D eigenvalue weighted by Gasteiger charge is 2.25. The fourth-order valence-corrected chi connectivity index (χ4v) is 4.23. The van der Waals surface area contributed by atoms with Gasteiger partial charge in [0.15, 0.2) is 9.84 Å². The molecule has 25 heavy (non-hydrogen) atoms. The number of rotatable bonds is 3. The molecular formula is C18H16ClN3O2S. The molecule has 2 aromatic carbocycles. The Balaban J connectivity index is 1.77. The van der Waals surface area contributed by atoms with Gasteiger partial charge in [-0.05, 0) is 48.2 Å². The summed E-state index contributed by atoms with van der Waals surface area (Å²) in [7, 11) is -3.29. The summed E-state index contributed by atoms with van der Waals surface area (Å²) in [6.45, 7) is 0. The standard InChI is InChI=1S/C18H16ClN3O2S/c1-25(23,24)11-5-7-16-14(9-11)18(21-10-20-16)22-17-8-6-12-13(17)3-2-4-15(12)19/h2-5,7,9-10,17H,6,8H2,1H3,(H,20,21,22). The van der Waals surface area contributed by atoms with E-state index in [1.165, 1.54) is 18.1 Å². The molecule has 0 spiro atoms. The number of nitrogens with zero attached hydrogens (tertiary/aromatic N) is 2. The zero-order valence-electron chi connectivity index (χ0n) is 13.5. The van der Waals surface area contributed by atoms with Crippen LogP contribution in [-0.4, -0.2) is 24.6 Å². The molecule has 1 aromatic heterocycles. The lowest BCUT2D eigenvalue weighted by atomic mass is 10.1. The molecule has 1 N–H and O–H groups in total. The number of hydrogen-bond acceptors (Lipinski definition) is 5. The van der Waals surface area contributed by atoms with E-state index in [2.05, 4.69) is 21.4 Å². The summed E-state index contributed by atoms with van der Waals surface area (Å²) in [5, 5.41) is 4.92. The third-order valence-corrected chi connectivity index (χ3v) is 6.02. The van der Waals surface area contributed by atoms with Crippen molar-refractivity contribution >= 4 is 38.2 Å². The van der Waals surface area contributed by atoms with Gasteiger partial charge in [-0.3, -0.25) is 0 Å². The Kier molecular flexibility index (Phi) is 3.89. The van der Waals surface area contributed by atoms with Crippen LogP contribution in [0.1, 0.15) is 23.6 Å². The van der Waals surface area contributed by atoms with E-state index in [1.807, 2.05) is 12.1 Å². The number of hydrogen-bond donors (Lipinski definition) is 1. The van der Waals surface area contributed by atoms with E-state index in [0.29, 0.717) is 16.7 Å². The highest BCUT2D eigenvalue weighted by molar-refractivity contribution is 7.90. The van der Waals surface area contributed by atoms with Crippen molar-refractivity contribution in [1.82, 2.24) is 9.97 Å². The van der Waals surface area contributed by atoms with Gasteiger partial charge >= 0.3 is 0 Å². The first-order chi connectivity index (χ1) is 11.9. The van der Waals surface area contributed by atoms with Crippen molar-refractivity contribution < 1.29 is 8.42 Å². The predicted molar refractivity (Wildman–Crippen MR) is 98.8 cm³/mol. The second-order valence-electron chi connectivity index (χ2n) is 6.22. The van der Waals surface area contributed by atoms with Gasteiger partial charge in [-0.25, -0.2) is 18.4 Å². The van der Waals surface area contributed by atoms with Crippen LogP contribution in [0.3, 0.4) is 0 Å². The Hall–Kier alpha value is -2.18. The number of aromatic nitrogens is 2. The number of benzene rings is 2. The fourth-order valence-electron chi connectivity index (χ4n) is 3.31. The molecule has 0 radical (unpaired) electrons. The molecule has 0 amide bonds. The van der Waals surface area contributed by atoms with Gasteiger partial charge in [0.25, 0.3) is 0 Å². The summed E-state index contributed by atoms with van der Waals surface area (Å²) < 4.78 is 23.7. The maximum absolute atomic E-state index is 11.9. The van der Waals surface area contributed by atoms with Crippen molar-refractivity contribution in [3.8, 4) is 0 Å². The zero-order chi connectivity index (χ0) is 17.6. The number of halogens is 1. The molecular weight excluding hydrogens is 358 g/mol. The topological polar surface area (TPSA) is 72.0 Å². The van der Waals surface area contributed by atoms with Gasteiger partial charge in [-0.2, -0.15) is 0 Å². The van der Waals surface area contributed by atoms with E-state index in [9.17, 15) is 8.42 Å². The summed E-state index contributed by atoms with van der Waals surface area (Å²) >= 11 is 6.28. The minimum absolute atomic E-state index is 0.0914. The number of sulfone groups is 1. The molecule has 1 aliphatic carbocycles. The third kappa shape index (κ3) is 2.96. The van der Waals surface area contributed by atoms with Gasteiger partial charge in [0.2, 0.25) is 0 Å². The van der Waals surface area contributed by atoms with Gasteiger partial charge < -0.3 is 5.32 Å². The fraction of sp³-hybridized carbons (Fsp3) is 0.222. The maximum atomic E-state index is 11.9. The van der Waals surface area contributed by atoms with E-state index in [-0.39, 0.29) is 10.9 Å². The first-order valence-corrected chi connectivity index (χ1v) is 10.2. The summed E-state index contributed by atoms with van der Waals surface area (Å²) in [5.41, 5.74) is 3.03. The average molecular weight is 374 g/mol. The van der Waals surface area contributed by atoms with Crippen LogP contribution in [0.15, 0.2) is 47.6 Å². The molecule has 5 nitrogen and oxygen atoms in total.